The third-order valence-electron chi connectivity index (χ3n) is 6.01. The van der Waals surface area contributed by atoms with Crippen LogP contribution in [-0.2, 0) is 22.7 Å². The number of likely N-dealkylation sites (tertiary alicyclic amines) is 1. The van der Waals surface area contributed by atoms with Crippen molar-refractivity contribution in [1.82, 2.24) is 14.8 Å². The highest BCUT2D eigenvalue weighted by Crippen LogP contribution is 2.28. The van der Waals surface area contributed by atoms with E-state index in [1.54, 1.807) is 6.07 Å². The molecule has 2 heterocycles. The Balaban J connectivity index is 1.51. The predicted molar refractivity (Wildman–Crippen MR) is 125 cm³/mol. The highest BCUT2D eigenvalue weighted by molar-refractivity contribution is 6.30. The van der Waals surface area contributed by atoms with Gasteiger partial charge in [0.15, 0.2) is 0 Å². The van der Waals surface area contributed by atoms with E-state index < -0.39 is 36.2 Å². The van der Waals surface area contributed by atoms with E-state index in [0.29, 0.717) is 30.3 Å². The highest BCUT2D eigenvalue weighted by Gasteiger charge is 2.34. The van der Waals surface area contributed by atoms with Crippen molar-refractivity contribution in [1.29, 1.82) is 0 Å². The quantitative estimate of drug-likeness (QED) is 0.472. The van der Waals surface area contributed by atoms with Crippen LogP contribution in [0.3, 0.4) is 0 Å². The largest absolute Gasteiger partial charge is 0.435 e. The zero-order chi connectivity index (χ0) is 26.0. The van der Waals surface area contributed by atoms with Crippen LogP contribution < -0.4 is 15.8 Å². The molecule has 4 rings (SSSR count). The van der Waals surface area contributed by atoms with Crippen LogP contribution in [0.2, 0.25) is 5.02 Å². The highest BCUT2D eigenvalue weighted by atomic mass is 35.5. The van der Waals surface area contributed by atoms with Crippen molar-refractivity contribution in [2.24, 2.45) is 5.73 Å². The van der Waals surface area contributed by atoms with E-state index in [-0.39, 0.29) is 35.0 Å². The molecular formula is C24H22ClF3N4O4. The first-order valence-electron chi connectivity index (χ1n) is 11.0. The molecule has 1 atom stereocenters. The molecule has 8 nitrogen and oxygen atoms in total. The fourth-order valence-corrected chi connectivity index (χ4v) is 4.53. The Morgan fingerprint density at radius 2 is 2.00 bits per heavy atom. The topological polar surface area (TPSA) is 107 Å². The molecule has 36 heavy (non-hydrogen) atoms. The number of hydrogen-bond acceptors (Lipinski definition) is 4. The van der Waals surface area contributed by atoms with Crippen molar-refractivity contribution in [3.05, 3.63) is 64.6 Å². The van der Waals surface area contributed by atoms with Gasteiger partial charge in [0.1, 0.15) is 24.2 Å². The molecule has 190 valence electrons. The molecule has 1 aliphatic heterocycles. The van der Waals surface area contributed by atoms with Gasteiger partial charge in [-0.3, -0.25) is 14.4 Å². The van der Waals surface area contributed by atoms with Gasteiger partial charge >= 0.3 is 6.61 Å². The molecule has 3 aromatic rings. The third kappa shape index (κ3) is 5.25. The van der Waals surface area contributed by atoms with Crippen LogP contribution >= 0.6 is 11.6 Å². The summed E-state index contributed by atoms with van der Waals surface area (Å²) in [5, 5.41) is 2.96. The molecular weight excluding hydrogens is 501 g/mol. The summed E-state index contributed by atoms with van der Waals surface area (Å²) in [6, 6.07) is 7.67. The second-order valence-electron chi connectivity index (χ2n) is 8.27. The van der Waals surface area contributed by atoms with Gasteiger partial charge in [-0.15, -0.1) is 0 Å². The summed E-state index contributed by atoms with van der Waals surface area (Å²) in [5.41, 5.74) is 6.07. The number of rotatable bonds is 8. The van der Waals surface area contributed by atoms with Crippen LogP contribution in [0.1, 0.15) is 28.8 Å². The smallest absolute Gasteiger partial charge is 0.387 e. The number of nitrogens with two attached hydrogens (primary N) is 1. The summed E-state index contributed by atoms with van der Waals surface area (Å²) in [5.74, 6) is -2.39. The summed E-state index contributed by atoms with van der Waals surface area (Å²) in [6.45, 7) is -3.09. The second kappa shape index (κ2) is 10.5. The lowest BCUT2D eigenvalue weighted by Gasteiger charge is -2.24. The molecule has 0 spiro atoms. The molecule has 0 unspecified atom stereocenters. The first-order chi connectivity index (χ1) is 17.2. The van der Waals surface area contributed by atoms with Crippen molar-refractivity contribution in [3.63, 3.8) is 0 Å². The van der Waals surface area contributed by atoms with E-state index in [1.165, 1.54) is 46.0 Å². The zero-order valence-corrected chi connectivity index (χ0v) is 19.6. The summed E-state index contributed by atoms with van der Waals surface area (Å²) < 4.78 is 45.3. The number of fused-ring (bicyclic) bond motifs is 1. The molecule has 1 aromatic heterocycles. The van der Waals surface area contributed by atoms with Gasteiger partial charge < -0.3 is 25.3 Å². The van der Waals surface area contributed by atoms with Crippen LogP contribution in [0.15, 0.2) is 42.6 Å². The molecule has 1 aliphatic rings. The van der Waals surface area contributed by atoms with E-state index in [9.17, 15) is 27.6 Å². The number of primary amides is 1. The van der Waals surface area contributed by atoms with Crippen LogP contribution in [-0.4, -0.2) is 46.4 Å². The number of carbonyl (C=O) groups excluding carboxylic acids is 3. The molecule has 0 saturated carbocycles. The Bertz CT molecular complexity index is 1330. The maximum Gasteiger partial charge on any atom is 0.387 e. The molecule has 2 aromatic carbocycles. The van der Waals surface area contributed by atoms with Crippen molar-refractivity contribution in [3.8, 4) is 5.75 Å². The van der Waals surface area contributed by atoms with Gasteiger partial charge in [-0.1, -0.05) is 23.7 Å². The zero-order valence-electron chi connectivity index (χ0n) is 18.8. The lowest BCUT2D eigenvalue weighted by atomic mass is 10.1. The fraction of sp³-hybridized carbons (Fsp3) is 0.292. The Kier molecular flexibility index (Phi) is 7.39. The van der Waals surface area contributed by atoms with E-state index in [2.05, 4.69) is 10.1 Å². The minimum Gasteiger partial charge on any atom is -0.435 e. The number of carbonyl (C=O) groups is 3. The van der Waals surface area contributed by atoms with Crippen LogP contribution in [0.4, 0.5) is 13.2 Å². The lowest BCUT2D eigenvalue weighted by Crippen LogP contribution is -2.46. The lowest BCUT2D eigenvalue weighted by molar-refractivity contribution is -0.138. The van der Waals surface area contributed by atoms with Gasteiger partial charge in [-0.2, -0.15) is 8.78 Å². The van der Waals surface area contributed by atoms with Crippen molar-refractivity contribution >= 4 is 40.2 Å². The number of amides is 3. The van der Waals surface area contributed by atoms with Gasteiger partial charge in [-0.05, 0) is 31.0 Å². The van der Waals surface area contributed by atoms with E-state index in [4.69, 9.17) is 17.3 Å². The molecule has 0 bridgehead atoms. The Labute approximate surface area is 208 Å². The molecule has 0 aliphatic carbocycles. The average Bonchev–Trinajstić information content (AvgIpc) is 3.45. The van der Waals surface area contributed by atoms with Gasteiger partial charge in [0, 0.05) is 36.3 Å². The summed E-state index contributed by atoms with van der Waals surface area (Å²) in [7, 11) is 0. The number of aromatic nitrogens is 1. The molecule has 1 fully saturated rings. The number of benzene rings is 2. The summed E-state index contributed by atoms with van der Waals surface area (Å²) in [4.78, 5) is 39.3. The number of alkyl halides is 2. The molecule has 3 N–H and O–H groups in total. The third-order valence-corrected chi connectivity index (χ3v) is 6.30. The van der Waals surface area contributed by atoms with Crippen molar-refractivity contribution in [2.45, 2.75) is 38.6 Å². The Morgan fingerprint density at radius 3 is 2.72 bits per heavy atom. The number of nitrogens with one attached hydrogen (secondary N) is 1. The van der Waals surface area contributed by atoms with Gasteiger partial charge in [-0.25, -0.2) is 4.39 Å². The summed E-state index contributed by atoms with van der Waals surface area (Å²) in [6.07, 6.45) is 2.37. The first kappa shape index (κ1) is 25.4. The predicted octanol–water partition coefficient (Wildman–Crippen LogP) is 3.44. The number of hydrogen-bond donors (Lipinski definition) is 2. The van der Waals surface area contributed by atoms with Gasteiger partial charge in [0.05, 0.1) is 16.1 Å². The van der Waals surface area contributed by atoms with Crippen LogP contribution in [0.5, 0.6) is 5.75 Å². The first-order valence-corrected chi connectivity index (χ1v) is 11.4. The standard InChI is InChI=1S/C24H22ClF3N4O4/c25-17-4-1-3-13(21(17)26)10-30-23(35)18-5-2-8-32(18)20(33)12-31-11-16(22(29)34)15-7-6-14(9-19(15)31)36-24(27)28/h1,3-4,6-7,9,11,18,24H,2,5,8,10,12H2,(H2,29,34)(H,30,35)/t18-/m0/s1. The SMILES string of the molecule is NC(=O)c1cn(CC(=O)N2CCC[C@H]2C(=O)NCc2cccc(Cl)c2F)c2cc(OC(F)F)ccc12. The number of ether oxygens (including phenoxy) is 1. The number of nitrogens with zero attached hydrogens (tertiary/aromatic N) is 2. The minimum absolute atomic E-state index is 0.0594. The second-order valence-corrected chi connectivity index (χ2v) is 8.68. The fourth-order valence-electron chi connectivity index (χ4n) is 4.33. The number of halogens is 4. The molecule has 3 amide bonds. The molecule has 12 heteroatoms. The van der Waals surface area contributed by atoms with Crippen LogP contribution in [0.25, 0.3) is 10.9 Å². The average molecular weight is 523 g/mol. The monoisotopic (exact) mass is 522 g/mol. The molecule has 0 radical (unpaired) electrons. The van der Waals surface area contributed by atoms with Crippen molar-refractivity contribution in [2.75, 3.05) is 6.54 Å². The Morgan fingerprint density at radius 1 is 1.22 bits per heavy atom. The Hall–Kier alpha value is -3.73. The maximum atomic E-state index is 14.1. The van der Waals surface area contributed by atoms with Gasteiger partial charge in [0.2, 0.25) is 11.8 Å². The van der Waals surface area contributed by atoms with Gasteiger partial charge in [0.25, 0.3) is 5.91 Å². The maximum absolute atomic E-state index is 14.1. The normalized spacial score (nSPS) is 15.5. The van der Waals surface area contributed by atoms with Crippen molar-refractivity contribution < 1.29 is 32.3 Å². The molecule has 1 saturated heterocycles. The summed E-state index contributed by atoms with van der Waals surface area (Å²) >= 11 is 5.78. The van der Waals surface area contributed by atoms with E-state index >= 15 is 0 Å². The van der Waals surface area contributed by atoms with E-state index in [0.717, 1.165) is 0 Å². The minimum atomic E-state index is -3.05. The van der Waals surface area contributed by atoms with Crippen LogP contribution in [0, 0.1) is 5.82 Å². The van der Waals surface area contributed by atoms with E-state index in [1.807, 2.05) is 0 Å².